The van der Waals surface area contributed by atoms with Crippen molar-refractivity contribution in [3.05, 3.63) is 118 Å². The zero-order valence-electron chi connectivity index (χ0n) is 22.1. The van der Waals surface area contributed by atoms with Crippen LogP contribution >= 0.6 is 11.6 Å². The monoisotopic (exact) mass is 597 g/mol. The molecule has 4 rings (SSSR count). The first-order valence-electron chi connectivity index (χ1n) is 12.2. The van der Waals surface area contributed by atoms with Gasteiger partial charge in [-0.1, -0.05) is 29.8 Å². The zero-order chi connectivity index (χ0) is 29.1. The summed E-state index contributed by atoms with van der Waals surface area (Å²) in [5, 5.41) is 3.28. The number of nitrogens with one attached hydrogen (secondary N) is 2. The molecular weight excluding hydrogens is 570 g/mol. The Morgan fingerprint density at radius 3 is 1.95 bits per heavy atom. The smallest absolute Gasteiger partial charge is 0.261 e. The van der Waals surface area contributed by atoms with Gasteiger partial charge in [0.2, 0.25) is 10.0 Å². The fraction of sp³-hybridized carbons (Fsp3) is 0.138. The van der Waals surface area contributed by atoms with Crippen LogP contribution in [-0.4, -0.2) is 29.0 Å². The minimum Gasteiger partial charge on any atom is -0.322 e. The number of rotatable bonds is 9. The Labute approximate surface area is 239 Å². The predicted octanol–water partition coefficient (Wildman–Crippen LogP) is 5.98. The maximum absolute atomic E-state index is 12.8. The van der Waals surface area contributed by atoms with Gasteiger partial charge in [-0.25, -0.2) is 16.8 Å². The lowest BCUT2D eigenvalue weighted by atomic mass is 10.1. The fourth-order valence-corrected chi connectivity index (χ4v) is 5.94. The number of nitrogens with zero attached hydrogens (tertiary/aromatic N) is 1. The molecule has 0 bridgehead atoms. The number of hydrogen-bond donors (Lipinski definition) is 2. The van der Waals surface area contributed by atoms with Gasteiger partial charge in [-0.15, -0.1) is 0 Å². The second-order valence-corrected chi connectivity index (χ2v) is 13.4. The maximum Gasteiger partial charge on any atom is 0.261 e. The number of anilines is 3. The van der Waals surface area contributed by atoms with Crippen molar-refractivity contribution in [2.75, 3.05) is 20.6 Å². The highest BCUT2D eigenvalue weighted by Gasteiger charge is 2.19. The van der Waals surface area contributed by atoms with E-state index in [1.807, 2.05) is 19.9 Å². The SMILES string of the molecule is Cc1ccc(NS(=O)(=O)c2ccc(NC(=O)c3ccc(N(Cc4ccc(Cl)cc4)S(C)(=O)=O)cc3)cc2)cc1C. The summed E-state index contributed by atoms with van der Waals surface area (Å²) in [6.07, 6.45) is 1.12. The highest BCUT2D eigenvalue weighted by Crippen LogP contribution is 2.24. The number of carbonyl (C=O) groups is 1. The normalized spacial score (nSPS) is 11.6. The number of carbonyl (C=O) groups excluding carboxylic acids is 1. The molecule has 0 unspecified atom stereocenters. The molecule has 40 heavy (non-hydrogen) atoms. The van der Waals surface area contributed by atoms with E-state index in [4.69, 9.17) is 11.6 Å². The van der Waals surface area contributed by atoms with E-state index in [-0.39, 0.29) is 11.4 Å². The number of benzene rings is 4. The Balaban J connectivity index is 1.44. The van der Waals surface area contributed by atoms with Crippen molar-refractivity contribution in [2.24, 2.45) is 0 Å². The van der Waals surface area contributed by atoms with Crippen molar-refractivity contribution >= 4 is 54.6 Å². The van der Waals surface area contributed by atoms with E-state index in [1.165, 1.54) is 40.7 Å². The first-order valence-corrected chi connectivity index (χ1v) is 15.9. The van der Waals surface area contributed by atoms with Crippen molar-refractivity contribution in [2.45, 2.75) is 25.3 Å². The largest absolute Gasteiger partial charge is 0.322 e. The Bertz CT molecular complexity index is 1740. The van der Waals surface area contributed by atoms with Crippen LogP contribution in [0.2, 0.25) is 5.02 Å². The molecule has 11 heteroatoms. The molecule has 1 amide bonds. The van der Waals surface area contributed by atoms with E-state index < -0.39 is 26.0 Å². The standard InChI is InChI=1S/C29H28ClN3O5S2/c1-20-4-11-26(18-21(20)2)32-40(37,38)28-16-12-25(13-17-28)31-29(34)23-7-14-27(15-8-23)33(39(3,35)36)19-22-5-9-24(30)10-6-22/h4-18,32H,19H2,1-3H3,(H,31,34). The molecule has 0 fully saturated rings. The van der Waals surface area contributed by atoms with E-state index in [9.17, 15) is 21.6 Å². The predicted molar refractivity (Wildman–Crippen MR) is 160 cm³/mol. The molecule has 4 aromatic rings. The summed E-state index contributed by atoms with van der Waals surface area (Å²) in [5.74, 6) is -0.431. The van der Waals surface area contributed by atoms with Crippen LogP contribution in [0, 0.1) is 13.8 Å². The highest BCUT2D eigenvalue weighted by molar-refractivity contribution is 7.92. The average Bonchev–Trinajstić information content (AvgIpc) is 2.90. The zero-order valence-corrected chi connectivity index (χ0v) is 24.4. The Kier molecular flexibility index (Phi) is 8.53. The Hall–Kier alpha value is -3.86. The number of halogens is 1. The molecule has 0 aliphatic carbocycles. The van der Waals surface area contributed by atoms with Crippen LogP contribution in [0.15, 0.2) is 95.9 Å². The quantitative estimate of drug-likeness (QED) is 0.247. The van der Waals surface area contributed by atoms with Gasteiger partial charge in [0, 0.05) is 22.0 Å². The lowest BCUT2D eigenvalue weighted by Gasteiger charge is -2.23. The van der Waals surface area contributed by atoms with Gasteiger partial charge in [0.05, 0.1) is 23.4 Å². The van der Waals surface area contributed by atoms with Gasteiger partial charge in [-0.3, -0.25) is 13.8 Å². The average molecular weight is 598 g/mol. The number of amides is 1. The summed E-state index contributed by atoms with van der Waals surface area (Å²) in [4.78, 5) is 12.9. The molecule has 4 aromatic carbocycles. The summed E-state index contributed by atoms with van der Waals surface area (Å²) in [6, 6.07) is 24.2. The minimum absolute atomic E-state index is 0.0506. The number of hydrogen-bond acceptors (Lipinski definition) is 5. The highest BCUT2D eigenvalue weighted by atomic mass is 35.5. The molecular formula is C29H28ClN3O5S2. The number of sulfonamides is 2. The van der Waals surface area contributed by atoms with Crippen molar-refractivity contribution in [3.63, 3.8) is 0 Å². The third-order valence-corrected chi connectivity index (χ3v) is 9.03. The molecule has 208 valence electrons. The van der Waals surface area contributed by atoms with E-state index in [0.717, 1.165) is 22.9 Å². The van der Waals surface area contributed by atoms with E-state index in [0.29, 0.717) is 27.6 Å². The molecule has 0 aliphatic heterocycles. The summed E-state index contributed by atoms with van der Waals surface area (Å²) >= 11 is 5.93. The maximum atomic E-state index is 12.8. The first kappa shape index (κ1) is 29.1. The van der Waals surface area contributed by atoms with Crippen LogP contribution in [-0.2, 0) is 26.6 Å². The molecule has 8 nitrogen and oxygen atoms in total. The first-order chi connectivity index (χ1) is 18.8. The molecule has 0 atom stereocenters. The second kappa shape index (κ2) is 11.7. The molecule has 0 saturated carbocycles. The Morgan fingerprint density at radius 1 is 0.775 bits per heavy atom. The molecule has 0 aromatic heterocycles. The summed E-state index contributed by atoms with van der Waals surface area (Å²) in [6.45, 7) is 3.96. The van der Waals surface area contributed by atoms with Gasteiger partial charge in [0.1, 0.15) is 0 Å². The Morgan fingerprint density at radius 2 is 1.38 bits per heavy atom. The van der Waals surface area contributed by atoms with Crippen molar-refractivity contribution in [1.82, 2.24) is 0 Å². The van der Waals surface area contributed by atoms with Gasteiger partial charge in [0.25, 0.3) is 15.9 Å². The van der Waals surface area contributed by atoms with E-state index in [2.05, 4.69) is 10.0 Å². The van der Waals surface area contributed by atoms with Crippen LogP contribution in [0.25, 0.3) is 0 Å². The number of aryl methyl sites for hydroxylation is 2. The fourth-order valence-electron chi connectivity index (χ4n) is 3.87. The molecule has 0 aliphatic rings. The van der Waals surface area contributed by atoms with Gasteiger partial charge >= 0.3 is 0 Å². The molecule has 0 radical (unpaired) electrons. The topological polar surface area (TPSA) is 113 Å². The van der Waals surface area contributed by atoms with Crippen LogP contribution in [0.4, 0.5) is 17.1 Å². The third kappa shape index (κ3) is 7.20. The molecule has 0 spiro atoms. The second-order valence-electron chi connectivity index (χ2n) is 9.33. The summed E-state index contributed by atoms with van der Waals surface area (Å²) in [5.41, 5.74) is 4.36. The molecule has 2 N–H and O–H groups in total. The van der Waals surface area contributed by atoms with Crippen LogP contribution < -0.4 is 14.3 Å². The summed E-state index contributed by atoms with van der Waals surface area (Å²) < 4.78 is 54.3. The van der Waals surface area contributed by atoms with Crippen molar-refractivity contribution in [3.8, 4) is 0 Å². The van der Waals surface area contributed by atoms with E-state index >= 15 is 0 Å². The van der Waals surface area contributed by atoms with E-state index in [1.54, 1.807) is 48.5 Å². The van der Waals surface area contributed by atoms with Crippen molar-refractivity contribution < 1.29 is 21.6 Å². The lowest BCUT2D eigenvalue weighted by molar-refractivity contribution is 0.102. The van der Waals surface area contributed by atoms with Gasteiger partial charge in [-0.2, -0.15) is 0 Å². The molecule has 0 saturated heterocycles. The third-order valence-electron chi connectivity index (χ3n) is 6.24. The van der Waals surface area contributed by atoms with Gasteiger partial charge < -0.3 is 5.32 Å². The van der Waals surface area contributed by atoms with Crippen LogP contribution in [0.3, 0.4) is 0 Å². The lowest BCUT2D eigenvalue weighted by Crippen LogP contribution is -2.29. The van der Waals surface area contributed by atoms with Crippen molar-refractivity contribution in [1.29, 1.82) is 0 Å². The van der Waals surface area contributed by atoms with Crippen LogP contribution in [0.5, 0.6) is 0 Å². The van der Waals surface area contributed by atoms with Gasteiger partial charge in [0.15, 0.2) is 0 Å². The molecule has 0 heterocycles. The summed E-state index contributed by atoms with van der Waals surface area (Å²) in [7, 11) is -7.42. The minimum atomic E-state index is -3.81. The van der Waals surface area contributed by atoms with Gasteiger partial charge in [-0.05, 0) is 103 Å². The van der Waals surface area contributed by atoms with Crippen LogP contribution in [0.1, 0.15) is 27.0 Å².